The van der Waals surface area contributed by atoms with Gasteiger partial charge in [0.15, 0.2) is 0 Å². The number of carbonyl (C=O) groups excluding carboxylic acids is 1. The zero-order valence-corrected chi connectivity index (χ0v) is 8.95. The van der Waals surface area contributed by atoms with Gasteiger partial charge in [-0.3, -0.25) is 9.89 Å². The molecule has 1 atom stereocenters. The third-order valence-electron chi connectivity index (χ3n) is 3.02. The highest BCUT2D eigenvalue weighted by Crippen LogP contribution is 2.37. The van der Waals surface area contributed by atoms with E-state index >= 15 is 0 Å². The Bertz CT molecular complexity index is 560. The molecule has 0 spiro atoms. The first kappa shape index (κ1) is 9.33. The van der Waals surface area contributed by atoms with Gasteiger partial charge < -0.3 is 5.32 Å². The Morgan fingerprint density at radius 3 is 3.12 bits per heavy atom. The van der Waals surface area contributed by atoms with Gasteiger partial charge in [0.2, 0.25) is 5.91 Å². The van der Waals surface area contributed by atoms with E-state index in [1.54, 1.807) is 0 Å². The molecule has 1 unspecified atom stereocenters. The summed E-state index contributed by atoms with van der Waals surface area (Å²) in [6, 6.07) is 3.85. The largest absolute Gasteiger partial charge is 0.325 e. The number of carbonyl (C=O) groups is 1. The quantitative estimate of drug-likeness (QED) is 0.804. The normalized spacial score (nSPS) is 18.8. The van der Waals surface area contributed by atoms with Crippen LogP contribution in [0.3, 0.4) is 0 Å². The third kappa shape index (κ3) is 1.21. The van der Waals surface area contributed by atoms with Crippen molar-refractivity contribution in [3.05, 3.63) is 17.7 Å². The van der Waals surface area contributed by atoms with Crippen molar-refractivity contribution < 1.29 is 4.79 Å². The highest BCUT2D eigenvalue weighted by Gasteiger charge is 2.30. The summed E-state index contributed by atoms with van der Waals surface area (Å²) in [5, 5.41) is 13.4. The summed E-state index contributed by atoms with van der Waals surface area (Å²) in [6.07, 6.45) is 1.88. The maximum atomic E-state index is 11.8. The van der Waals surface area contributed by atoms with Crippen LogP contribution >= 0.6 is 0 Å². The van der Waals surface area contributed by atoms with E-state index < -0.39 is 0 Å². The van der Waals surface area contributed by atoms with E-state index in [0.29, 0.717) is 0 Å². The van der Waals surface area contributed by atoms with Crippen molar-refractivity contribution in [3.8, 4) is 0 Å². The molecule has 0 saturated carbocycles. The Morgan fingerprint density at radius 1 is 1.44 bits per heavy atom. The number of hydrogen-bond acceptors (Lipinski definition) is 3. The number of fused-ring (bicyclic) bond motifs is 2. The number of aromatic amines is 1. The van der Waals surface area contributed by atoms with E-state index in [2.05, 4.69) is 27.7 Å². The second kappa shape index (κ2) is 3.30. The van der Waals surface area contributed by atoms with E-state index in [1.165, 1.54) is 0 Å². The van der Waals surface area contributed by atoms with Crippen molar-refractivity contribution in [2.24, 2.45) is 0 Å². The summed E-state index contributed by atoms with van der Waals surface area (Å²) in [7, 11) is 0. The summed E-state index contributed by atoms with van der Waals surface area (Å²) in [5.41, 5.74) is 3.61. The molecule has 2 N–H and O–H groups in total. The van der Waals surface area contributed by atoms with Gasteiger partial charge >= 0.3 is 0 Å². The number of benzene rings is 1. The van der Waals surface area contributed by atoms with E-state index in [-0.39, 0.29) is 11.8 Å². The Morgan fingerprint density at radius 2 is 2.31 bits per heavy atom. The molecule has 2 aromatic rings. The average molecular weight is 216 g/mol. The molecule has 0 aliphatic carbocycles. The number of amides is 1. The first-order valence-corrected chi connectivity index (χ1v) is 5.45. The molecular formula is C11H12N4O. The van der Waals surface area contributed by atoms with Crippen LogP contribution in [0.1, 0.15) is 31.2 Å². The lowest BCUT2D eigenvalue weighted by Gasteiger charge is -2.05. The molecule has 1 aliphatic rings. The van der Waals surface area contributed by atoms with E-state index in [4.69, 9.17) is 0 Å². The van der Waals surface area contributed by atoms with Gasteiger partial charge in [-0.05, 0) is 24.1 Å². The van der Waals surface area contributed by atoms with Gasteiger partial charge in [0, 0.05) is 5.69 Å². The minimum absolute atomic E-state index is 0.0206. The number of H-pyrrole nitrogens is 1. The van der Waals surface area contributed by atoms with E-state index in [9.17, 15) is 4.79 Å². The van der Waals surface area contributed by atoms with Gasteiger partial charge in [-0.2, -0.15) is 0 Å². The lowest BCUT2D eigenvalue weighted by Crippen LogP contribution is -2.11. The Hall–Kier alpha value is -1.91. The van der Waals surface area contributed by atoms with Gasteiger partial charge in [-0.25, -0.2) is 0 Å². The van der Waals surface area contributed by atoms with Crippen molar-refractivity contribution >= 4 is 22.6 Å². The molecule has 1 amide bonds. The molecule has 0 bridgehead atoms. The topological polar surface area (TPSA) is 70.7 Å². The van der Waals surface area contributed by atoms with Crippen LogP contribution in [-0.4, -0.2) is 21.3 Å². The zero-order valence-electron chi connectivity index (χ0n) is 8.95. The summed E-state index contributed by atoms with van der Waals surface area (Å²) >= 11 is 0. The maximum absolute atomic E-state index is 11.8. The Labute approximate surface area is 92.2 Å². The van der Waals surface area contributed by atoms with Gasteiger partial charge in [0.1, 0.15) is 5.52 Å². The molecule has 2 heterocycles. The molecule has 16 heavy (non-hydrogen) atoms. The Balaban J connectivity index is 2.15. The molecule has 5 heteroatoms. The fourth-order valence-electron chi connectivity index (χ4n) is 2.24. The van der Waals surface area contributed by atoms with Crippen molar-refractivity contribution in [1.29, 1.82) is 0 Å². The molecule has 0 fully saturated rings. The van der Waals surface area contributed by atoms with Crippen LogP contribution in [-0.2, 0) is 4.79 Å². The third-order valence-corrected chi connectivity index (χ3v) is 3.02. The lowest BCUT2D eigenvalue weighted by molar-refractivity contribution is -0.117. The molecule has 5 nitrogen and oxygen atoms in total. The molecule has 1 aromatic carbocycles. The van der Waals surface area contributed by atoms with Crippen molar-refractivity contribution in [2.45, 2.75) is 25.7 Å². The lowest BCUT2D eigenvalue weighted by atomic mass is 9.96. The van der Waals surface area contributed by atoms with E-state index in [0.717, 1.165) is 35.1 Å². The van der Waals surface area contributed by atoms with Crippen LogP contribution in [0.4, 0.5) is 5.69 Å². The monoisotopic (exact) mass is 216 g/mol. The maximum Gasteiger partial charge on any atom is 0.232 e. The number of anilines is 1. The summed E-state index contributed by atoms with van der Waals surface area (Å²) in [5.74, 6) is 0.0742. The summed E-state index contributed by atoms with van der Waals surface area (Å²) in [4.78, 5) is 11.8. The molecule has 0 saturated heterocycles. The molecular weight excluding hydrogens is 204 g/mol. The van der Waals surface area contributed by atoms with Crippen molar-refractivity contribution in [2.75, 3.05) is 5.32 Å². The number of aromatic nitrogens is 3. The zero-order chi connectivity index (χ0) is 11.1. The second-order valence-electron chi connectivity index (χ2n) is 4.10. The predicted octanol–water partition coefficient (Wildman–Crippen LogP) is 1.79. The summed E-state index contributed by atoms with van der Waals surface area (Å²) in [6.45, 7) is 2.08. The molecule has 1 aromatic heterocycles. The smallest absolute Gasteiger partial charge is 0.232 e. The SMILES string of the molecule is CCCC1C(=O)Nc2cc3nn[nH]c3cc21. The number of nitrogens with zero attached hydrogens (tertiary/aromatic N) is 2. The average Bonchev–Trinajstić information content (AvgIpc) is 2.81. The number of rotatable bonds is 2. The van der Waals surface area contributed by atoms with Gasteiger partial charge in [0.25, 0.3) is 0 Å². The molecule has 1 aliphatic heterocycles. The van der Waals surface area contributed by atoms with Crippen LogP contribution in [0.15, 0.2) is 12.1 Å². The van der Waals surface area contributed by atoms with Crippen LogP contribution in [0.5, 0.6) is 0 Å². The standard InChI is InChI=1S/C11H12N4O/c1-2-3-6-7-4-9-10(14-15-13-9)5-8(7)12-11(6)16/h4-6H,2-3H2,1H3,(H,12,16)(H,13,14,15). The minimum atomic E-state index is -0.0206. The number of nitrogens with one attached hydrogen (secondary N) is 2. The van der Waals surface area contributed by atoms with Crippen LogP contribution in [0.25, 0.3) is 11.0 Å². The van der Waals surface area contributed by atoms with Crippen molar-refractivity contribution in [1.82, 2.24) is 15.4 Å². The molecule has 82 valence electrons. The first-order chi connectivity index (χ1) is 7.79. The Kier molecular flexibility index (Phi) is 1.92. The highest BCUT2D eigenvalue weighted by atomic mass is 16.2. The number of hydrogen-bond donors (Lipinski definition) is 2. The van der Waals surface area contributed by atoms with Crippen molar-refractivity contribution in [3.63, 3.8) is 0 Å². The molecule has 3 rings (SSSR count). The first-order valence-electron chi connectivity index (χ1n) is 5.45. The van der Waals surface area contributed by atoms with Crippen LogP contribution in [0, 0.1) is 0 Å². The van der Waals surface area contributed by atoms with Gasteiger partial charge in [-0.15, -0.1) is 5.10 Å². The molecule has 0 radical (unpaired) electrons. The van der Waals surface area contributed by atoms with Crippen LogP contribution in [0.2, 0.25) is 0 Å². The highest BCUT2D eigenvalue weighted by molar-refractivity contribution is 6.05. The predicted molar refractivity (Wildman–Crippen MR) is 60.2 cm³/mol. The minimum Gasteiger partial charge on any atom is -0.325 e. The fraction of sp³-hybridized carbons (Fsp3) is 0.364. The summed E-state index contributed by atoms with van der Waals surface area (Å²) < 4.78 is 0. The van der Waals surface area contributed by atoms with E-state index in [1.807, 2.05) is 12.1 Å². The van der Waals surface area contributed by atoms with Gasteiger partial charge in [0.05, 0.1) is 11.4 Å². The van der Waals surface area contributed by atoms with Gasteiger partial charge in [-0.1, -0.05) is 18.6 Å². The fourth-order valence-corrected chi connectivity index (χ4v) is 2.24. The second-order valence-corrected chi connectivity index (χ2v) is 4.10. The van der Waals surface area contributed by atoms with Crippen LogP contribution < -0.4 is 5.32 Å².